The van der Waals surface area contributed by atoms with E-state index in [9.17, 15) is 0 Å². The van der Waals surface area contributed by atoms with Crippen molar-refractivity contribution >= 4 is 0 Å². The highest BCUT2D eigenvalue weighted by molar-refractivity contribution is 5.51. The molecular formula is C15H24N2O. The fourth-order valence-electron chi connectivity index (χ4n) is 2.89. The van der Waals surface area contributed by atoms with Gasteiger partial charge in [-0.25, -0.2) is 0 Å². The largest absolute Gasteiger partial charge is 0.496 e. The van der Waals surface area contributed by atoms with Crippen molar-refractivity contribution in [3.8, 4) is 5.75 Å². The fraction of sp³-hybridized carbons (Fsp3) is 0.600. The number of likely N-dealkylation sites (N-methyl/N-ethyl adjacent to an activating group) is 1. The quantitative estimate of drug-likeness (QED) is 0.860. The number of nitrogens with one attached hydrogen (secondary N) is 1. The van der Waals surface area contributed by atoms with E-state index < -0.39 is 0 Å². The Kier molecular flexibility index (Phi) is 3.39. The van der Waals surface area contributed by atoms with Gasteiger partial charge in [-0.3, -0.25) is 0 Å². The number of nitrogens with two attached hydrogens (primary N) is 1. The first kappa shape index (κ1) is 13.4. The molecule has 0 saturated heterocycles. The molecule has 3 N–H and O–H groups in total. The zero-order valence-corrected chi connectivity index (χ0v) is 12.1. The highest BCUT2D eigenvalue weighted by Gasteiger charge is 2.46. The van der Waals surface area contributed by atoms with E-state index in [1.807, 2.05) is 7.05 Å². The van der Waals surface area contributed by atoms with Gasteiger partial charge >= 0.3 is 0 Å². The van der Waals surface area contributed by atoms with Crippen molar-refractivity contribution in [3.63, 3.8) is 0 Å². The Morgan fingerprint density at radius 2 is 1.89 bits per heavy atom. The summed E-state index contributed by atoms with van der Waals surface area (Å²) in [6.07, 6.45) is 2.20. The summed E-state index contributed by atoms with van der Waals surface area (Å²) in [6.45, 7) is 6.37. The van der Waals surface area contributed by atoms with Gasteiger partial charge in [0.2, 0.25) is 0 Å². The smallest absolute Gasteiger partial charge is 0.124 e. The number of ether oxygens (including phenoxy) is 1. The third kappa shape index (κ3) is 2.02. The first-order chi connectivity index (χ1) is 8.44. The van der Waals surface area contributed by atoms with Gasteiger partial charge in [0.05, 0.1) is 13.2 Å². The summed E-state index contributed by atoms with van der Waals surface area (Å²) in [5.74, 6) is 0.993. The Morgan fingerprint density at radius 3 is 2.33 bits per heavy atom. The molecule has 0 aliphatic heterocycles. The second-order valence-electron chi connectivity index (χ2n) is 5.52. The molecule has 0 radical (unpaired) electrons. The van der Waals surface area contributed by atoms with Crippen LogP contribution in [0.1, 0.15) is 41.1 Å². The van der Waals surface area contributed by atoms with Crippen LogP contribution >= 0.6 is 0 Å². The highest BCUT2D eigenvalue weighted by atomic mass is 16.5. The predicted molar refractivity (Wildman–Crippen MR) is 75.2 cm³/mol. The molecule has 1 aromatic rings. The van der Waals surface area contributed by atoms with Crippen molar-refractivity contribution in [2.24, 2.45) is 5.73 Å². The number of methoxy groups -OCH3 is 1. The third-order valence-electron chi connectivity index (χ3n) is 4.27. The molecule has 1 fully saturated rings. The number of aryl methyl sites for hydroxylation is 1. The van der Waals surface area contributed by atoms with E-state index in [4.69, 9.17) is 10.5 Å². The van der Waals surface area contributed by atoms with Gasteiger partial charge in [-0.1, -0.05) is 6.07 Å². The Bertz CT molecular complexity index is 464. The maximum absolute atomic E-state index is 6.38. The first-order valence-corrected chi connectivity index (χ1v) is 6.55. The summed E-state index contributed by atoms with van der Waals surface area (Å²) in [6, 6.07) is 2.45. The molecule has 1 unspecified atom stereocenters. The molecule has 1 aliphatic carbocycles. The van der Waals surface area contributed by atoms with E-state index in [2.05, 4.69) is 32.2 Å². The molecule has 0 heterocycles. The van der Waals surface area contributed by atoms with Crippen molar-refractivity contribution in [1.29, 1.82) is 0 Å². The Balaban J connectivity index is 2.51. The van der Waals surface area contributed by atoms with E-state index in [0.29, 0.717) is 0 Å². The lowest BCUT2D eigenvalue weighted by molar-refractivity contribution is 0.406. The van der Waals surface area contributed by atoms with Gasteiger partial charge in [0.25, 0.3) is 0 Å². The molecule has 3 heteroatoms. The van der Waals surface area contributed by atoms with E-state index in [1.54, 1.807) is 7.11 Å². The molecule has 1 atom stereocenters. The molecule has 0 aromatic heterocycles. The normalized spacial score (nSPS) is 18.6. The van der Waals surface area contributed by atoms with Crippen molar-refractivity contribution in [1.82, 2.24) is 5.32 Å². The standard InChI is InChI=1S/C15H24N2O/c1-9-8-12(10(2)11(3)13(9)18-5)14(17-4)15(16)6-7-15/h8,14,17H,6-7,16H2,1-5H3. The van der Waals surface area contributed by atoms with Gasteiger partial charge in [-0.05, 0) is 62.9 Å². The molecule has 2 rings (SSSR count). The summed E-state index contributed by atoms with van der Waals surface area (Å²) in [7, 11) is 3.72. The fourth-order valence-corrected chi connectivity index (χ4v) is 2.89. The number of hydrogen-bond donors (Lipinski definition) is 2. The maximum atomic E-state index is 6.38. The van der Waals surface area contributed by atoms with Crippen LogP contribution < -0.4 is 15.8 Å². The summed E-state index contributed by atoms with van der Waals surface area (Å²) < 4.78 is 5.47. The van der Waals surface area contributed by atoms with Crippen LogP contribution in [0.15, 0.2) is 6.07 Å². The van der Waals surface area contributed by atoms with E-state index in [1.165, 1.54) is 22.3 Å². The molecular weight excluding hydrogens is 224 g/mol. The molecule has 18 heavy (non-hydrogen) atoms. The lowest BCUT2D eigenvalue weighted by Crippen LogP contribution is -2.38. The highest BCUT2D eigenvalue weighted by Crippen LogP contribution is 2.45. The van der Waals surface area contributed by atoms with Crippen molar-refractivity contribution in [2.45, 2.75) is 45.2 Å². The molecule has 0 bridgehead atoms. The topological polar surface area (TPSA) is 47.3 Å². The van der Waals surface area contributed by atoms with Crippen LogP contribution in [-0.2, 0) is 0 Å². The van der Waals surface area contributed by atoms with Gasteiger partial charge in [0.15, 0.2) is 0 Å². The van der Waals surface area contributed by atoms with Gasteiger partial charge < -0.3 is 15.8 Å². The Labute approximate surface area is 110 Å². The van der Waals surface area contributed by atoms with Crippen LogP contribution in [0, 0.1) is 20.8 Å². The van der Waals surface area contributed by atoms with Crippen molar-refractivity contribution in [3.05, 3.63) is 28.3 Å². The van der Waals surface area contributed by atoms with Crippen LogP contribution in [0.2, 0.25) is 0 Å². The van der Waals surface area contributed by atoms with Crippen LogP contribution in [0.4, 0.5) is 0 Å². The second-order valence-corrected chi connectivity index (χ2v) is 5.52. The van der Waals surface area contributed by atoms with Crippen LogP contribution in [0.25, 0.3) is 0 Å². The molecule has 3 nitrogen and oxygen atoms in total. The number of benzene rings is 1. The van der Waals surface area contributed by atoms with Crippen LogP contribution in [-0.4, -0.2) is 19.7 Å². The molecule has 1 aromatic carbocycles. The summed E-state index contributed by atoms with van der Waals surface area (Å²) >= 11 is 0. The molecule has 100 valence electrons. The number of hydrogen-bond acceptors (Lipinski definition) is 3. The van der Waals surface area contributed by atoms with E-state index in [0.717, 1.165) is 18.6 Å². The zero-order valence-electron chi connectivity index (χ0n) is 12.1. The summed E-state index contributed by atoms with van der Waals surface area (Å²) in [5.41, 5.74) is 11.3. The van der Waals surface area contributed by atoms with Gasteiger partial charge in [0, 0.05) is 5.54 Å². The predicted octanol–water partition coefficient (Wildman–Crippen LogP) is 2.37. The minimum absolute atomic E-state index is 0.0625. The van der Waals surface area contributed by atoms with Crippen molar-refractivity contribution in [2.75, 3.05) is 14.2 Å². The molecule has 1 saturated carbocycles. The molecule has 0 spiro atoms. The van der Waals surface area contributed by atoms with Gasteiger partial charge in [-0.2, -0.15) is 0 Å². The molecule has 0 amide bonds. The van der Waals surface area contributed by atoms with E-state index >= 15 is 0 Å². The minimum Gasteiger partial charge on any atom is -0.496 e. The van der Waals surface area contributed by atoms with Gasteiger partial charge in [0.1, 0.15) is 5.75 Å². The average molecular weight is 248 g/mol. The third-order valence-corrected chi connectivity index (χ3v) is 4.27. The number of rotatable bonds is 4. The second kappa shape index (κ2) is 4.56. The maximum Gasteiger partial charge on any atom is 0.124 e. The lowest BCUT2D eigenvalue weighted by Gasteiger charge is -2.27. The SMILES string of the molecule is CNC(c1cc(C)c(OC)c(C)c1C)C1(N)CC1. The van der Waals surface area contributed by atoms with Crippen LogP contribution in [0.3, 0.4) is 0 Å². The van der Waals surface area contributed by atoms with Gasteiger partial charge in [-0.15, -0.1) is 0 Å². The minimum atomic E-state index is -0.0625. The van der Waals surface area contributed by atoms with Crippen molar-refractivity contribution < 1.29 is 4.74 Å². The molecule has 1 aliphatic rings. The summed E-state index contributed by atoms with van der Waals surface area (Å²) in [4.78, 5) is 0. The Morgan fingerprint density at radius 1 is 1.28 bits per heavy atom. The van der Waals surface area contributed by atoms with E-state index in [-0.39, 0.29) is 11.6 Å². The average Bonchev–Trinajstić information content (AvgIpc) is 3.06. The zero-order chi connectivity index (χ0) is 13.5. The lowest BCUT2D eigenvalue weighted by atomic mass is 9.89. The van der Waals surface area contributed by atoms with Crippen LogP contribution in [0.5, 0.6) is 5.75 Å². The Hall–Kier alpha value is -1.06. The summed E-state index contributed by atoms with van der Waals surface area (Å²) in [5, 5.41) is 3.39. The monoisotopic (exact) mass is 248 g/mol. The first-order valence-electron chi connectivity index (χ1n) is 6.55.